The normalized spacial score (nSPS) is 10.0. The lowest BCUT2D eigenvalue weighted by atomic mass is 10.1. The molecule has 0 saturated heterocycles. The molecule has 0 aliphatic rings. The van der Waals surface area contributed by atoms with E-state index in [2.05, 4.69) is 15.9 Å². The summed E-state index contributed by atoms with van der Waals surface area (Å²) in [7, 11) is 1.62. The van der Waals surface area contributed by atoms with Crippen molar-refractivity contribution in [1.82, 2.24) is 0 Å². The van der Waals surface area contributed by atoms with Crippen molar-refractivity contribution in [2.45, 2.75) is 19.3 Å². The summed E-state index contributed by atoms with van der Waals surface area (Å²) in [4.78, 5) is 10.3. The molecule has 82 valence electrons. The average Bonchev–Trinajstić information content (AvgIpc) is 2.17. The Kier molecular flexibility index (Phi) is 4.62. The summed E-state index contributed by atoms with van der Waals surface area (Å²) in [6, 6.07) is 5.78. The van der Waals surface area contributed by atoms with Crippen LogP contribution >= 0.6 is 15.9 Å². The largest absolute Gasteiger partial charge is 0.496 e. The van der Waals surface area contributed by atoms with Crippen molar-refractivity contribution in [3.05, 3.63) is 28.2 Å². The topological polar surface area (TPSA) is 46.5 Å². The van der Waals surface area contributed by atoms with Gasteiger partial charge in [-0.15, -0.1) is 0 Å². The number of carbonyl (C=O) groups is 1. The lowest BCUT2D eigenvalue weighted by Gasteiger charge is -2.05. The van der Waals surface area contributed by atoms with E-state index in [1.165, 1.54) is 0 Å². The third kappa shape index (κ3) is 3.91. The van der Waals surface area contributed by atoms with Gasteiger partial charge in [0.15, 0.2) is 0 Å². The van der Waals surface area contributed by atoms with E-state index in [4.69, 9.17) is 9.84 Å². The van der Waals surface area contributed by atoms with Crippen molar-refractivity contribution in [1.29, 1.82) is 0 Å². The number of ether oxygens (including phenoxy) is 1. The zero-order valence-electron chi connectivity index (χ0n) is 8.50. The van der Waals surface area contributed by atoms with E-state index in [1.54, 1.807) is 7.11 Å². The Morgan fingerprint density at radius 2 is 2.27 bits per heavy atom. The van der Waals surface area contributed by atoms with E-state index < -0.39 is 5.97 Å². The number of hydrogen-bond donors (Lipinski definition) is 1. The average molecular weight is 273 g/mol. The number of aliphatic carboxylic acids is 1. The fourth-order valence-electron chi connectivity index (χ4n) is 1.31. The quantitative estimate of drug-likeness (QED) is 0.897. The highest BCUT2D eigenvalue weighted by atomic mass is 79.9. The molecule has 0 bridgehead atoms. The molecule has 3 nitrogen and oxygen atoms in total. The number of methoxy groups -OCH3 is 1. The van der Waals surface area contributed by atoms with E-state index >= 15 is 0 Å². The van der Waals surface area contributed by atoms with Crippen molar-refractivity contribution >= 4 is 21.9 Å². The molecule has 1 aromatic rings. The van der Waals surface area contributed by atoms with E-state index in [0.717, 1.165) is 22.2 Å². The van der Waals surface area contributed by atoms with Crippen LogP contribution in [-0.2, 0) is 11.2 Å². The summed E-state index contributed by atoms with van der Waals surface area (Å²) in [6.07, 6.45) is 1.65. The predicted octanol–water partition coefficient (Wildman–Crippen LogP) is 2.87. The van der Waals surface area contributed by atoms with Gasteiger partial charge in [-0.3, -0.25) is 4.79 Å². The summed E-state index contributed by atoms with van der Waals surface area (Å²) in [5.74, 6) is 0.0413. The Balaban J connectivity index is 2.55. The van der Waals surface area contributed by atoms with Gasteiger partial charge in [0.2, 0.25) is 0 Å². The molecule has 15 heavy (non-hydrogen) atoms. The molecule has 0 saturated carbocycles. The molecule has 0 fully saturated rings. The van der Waals surface area contributed by atoms with Crippen molar-refractivity contribution in [2.75, 3.05) is 7.11 Å². The fourth-order valence-corrected chi connectivity index (χ4v) is 1.90. The second-order valence-electron chi connectivity index (χ2n) is 3.22. The second-order valence-corrected chi connectivity index (χ2v) is 4.07. The van der Waals surface area contributed by atoms with Gasteiger partial charge >= 0.3 is 5.97 Å². The van der Waals surface area contributed by atoms with Crippen LogP contribution in [0, 0.1) is 0 Å². The van der Waals surface area contributed by atoms with Gasteiger partial charge in [0, 0.05) is 6.42 Å². The van der Waals surface area contributed by atoms with Gasteiger partial charge in [-0.05, 0) is 46.5 Å². The van der Waals surface area contributed by atoms with E-state index in [9.17, 15) is 4.79 Å². The lowest BCUT2D eigenvalue weighted by molar-refractivity contribution is -0.137. The summed E-state index contributed by atoms with van der Waals surface area (Å²) in [6.45, 7) is 0. The van der Waals surface area contributed by atoms with Gasteiger partial charge in [-0.25, -0.2) is 0 Å². The highest BCUT2D eigenvalue weighted by Gasteiger charge is 2.02. The maximum atomic E-state index is 10.3. The molecule has 0 amide bonds. The lowest BCUT2D eigenvalue weighted by Crippen LogP contribution is -1.96. The van der Waals surface area contributed by atoms with Crippen LogP contribution in [0.3, 0.4) is 0 Å². The second kappa shape index (κ2) is 5.75. The third-order valence-corrected chi connectivity index (χ3v) is 2.69. The predicted molar refractivity (Wildman–Crippen MR) is 61.3 cm³/mol. The number of rotatable bonds is 5. The van der Waals surface area contributed by atoms with Crippen LogP contribution in [0.2, 0.25) is 0 Å². The molecule has 1 aromatic carbocycles. The van der Waals surface area contributed by atoms with Crippen molar-refractivity contribution in [3.63, 3.8) is 0 Å². The monoisotopic (exact) mass is 272 g/mol. The molecular formula is C11H13BrO3. The zero-order chi connectivity index (χ0) is 11.3. The maximum Gasteiger partial charge on any atom is 0.303 e. The number of halogens is 1. The molecule has 0 aliphatic heterocycles. The summed E-state index contributed by atoms with van der Waals surface area (Å²) in [5, 5.41) is 8.50. The van der Waals surface area contributed by atoms with Crippen LogP contribution in [0.1, 0.15) is 18.4 Å². The van der Waals surface area contributed by atoms with Gasteiger partial charge < -0.3 is 9.84 Å². The van der Waals surface area contributed by atoms with Crippen molar-refractivity contribution in [2.24, 2.45) is 0 Å². The van der Waals surface area contributed by atoms with Crippen LogP contribution in [0.5, 0.6) is 5.75 Å². The molecule has 0 atom stereocenters. The van der Waals surface area contributed by atoms with Crippen LogP contribution < -0.4 is 4.74 Å². The Bertz CT molecular complexity index is 350. The first-order valence-corrected chi connectivity index (χ1v) is 5.47. The first-order chi connectivity index (χ1) is 7.13. The fraction of sp³-hybridized carbons (Fsp3) is 0.364. The van der Waals surface area contributed by atoms with Crippen LogP contribution in [0.4, 0.5) is 0 Å². The minimum atomic E-state index is -0.748. The number of hydrogen-bond acceptors (Lipinski definition) is 2. The van der Waals surface area contributed by atoms with E-state index in [1.807, 2.05) is 18.2 Å². The minimum absolute atomic E-state index is 0.212. The molecule has 4 heteroatoms. The Hall–Kier alpha value is -1.03. The van der Waals surface area contributed by atoms with Crippen LogP contribution in [-0.4, -0.2) is 18.2 Å². The molecule has 0 unspecified atom stereocenters. The first-order valence-electron chi connectivity index (χ1n) is 4.67. The number of benzene rings is 1. The number of carboxylic acid groups (broad SMARTS) is 1. The molecule has 0 aliphatic carbocycles. The van der Waals surface area contributed by atoms with Crippen LogP contribution in [0.25, 0.3) is 0 Å². The summed E-state index contributed by atoms with van der Waals surface area (Å²) < 4.78 is 6.00. The van der Waals surface area contributed by atoms with Crippen molar-refractivity contribution < 1.29 is 14.6 Å². The van der Waals surface area contributed by atoms with Gasteiger partial charge in [-0.2, -0.15) is 0 Å². The van der Waals surface area contributed by atoms with Crippen molar-refractivity contribution in [3.8, 4) is 5.75 Å². The summed E-state index contributed by atoms with van der Waals surface area (Å²) in [5.41, 5.74) is 1.11. The van der Waals surface area contributed by atoms with Gasteiger partial charge in [-0.1, -0.05) is 6.07 Å². The van der Waals surface area contributed by atoms with Crippen LogP contribution in [0.15, 0.2) is 22.7 Å². The van der Waals surface area contributed by atoms with Gasteiger partial charge in [0.25, 0.3) is 0 Å². The molecular weight excluding hydrogens is 260 g/mol. The smallest absolute Gasteiger partial charge is 0.303 e. The Labute approximate surface area is 97.2 Å². The highest BCUT2D eigenvalue weighted by Crippen LogP contribution is 2.26. The zero-order valence-corrected chi connectivity index (χ0v) is 10.1. The summed E-state index contributed by atoms with van der Waals surface area (Å²) >= 11 is 3.39. The Morgan fingerprint density at radius 3 is 2.80 bits per heavy atom. The van der Waals surface area contributed by atoms with E-state index in [-0.39, 0.29) is 6.42 Å². The molecule has 0 aromatic heterocycles. The standard InChI is InChI=1S/C11H13BrO3/c1-15-10-6-5-8(7-9(10)12)3-2-4-11(13)14/h5-7H,2-4H2,1H3,(H,13,14). The number of carboxylic acids is 1. The third-order valence-electron chi connectivity index (χ3n) is 2.07. The molecule has 0 radical (unpaired) electrons. The van der Waals surface area contributed by atoms with Gasteiger partial charge in [0.1, 0.15) is 5.75 Å². The van der Waals surface area contributed by atoms with E-state index in [0.29, 0.717) is 6.42 Å². The molecule has 1 N–H and O–H groups in total. The minimum Gasteiger partial charge on any atom is -0.496 e. The maximum absolute atomic E-state index is 10.3. The molecule has 1 rings (SSSR count). The molecule has 0 spiro atoms. The Morgan fingerprint density at radius 1 is 1.53 bits per heavy atom. The first kappa shape index (κ1) is 12.0. The highest BCUT2D eigenvalue weighted by molar-refractivity contribution is 9.10. The van der Waals surface area contributed by atoms with Gasteiger partial charge in [0.05, 0.1) is 11.6 Å². The SMILES string of the molecule is COc1ccc(CCCC(=O)O)cc1Br. The molecule has 0 heterocycles. The number of aryl methyl sites for hydroxylation is 1.